The molecule has 24 heavy (non-hydrogen) atoms. The van der Waals surface area contributed by atoms with Gasteiger partial charge in [-0.3, -0.25) is 14.5 Å². The van der Waals surface area contributed by atoms with Gasteiger partial charge < -0.3 is 15.0 Å². The summed E-state index contributed by atoms with van der Waals surface area (Å²) in [6, 6.07) is 7.34. The van der Waals surface area contributed by atoms with Crippen LogP contribution in [0.25, 0.3) is 0 Å². The Balaban J connectivity index is 1.49. The lowest BCUT2D eigenvalue weighted by molar-refractivity contribution is -0.126. The maximum atomic E-state index is 12.2. The zero-order valence-corrected chi connectivity index (χ0v) is 13.7. The number of fused-ring (bicyclic) bond motifs is 1. The molecule has 128 valence electrons. The minimum absolute atomic E-state index is 0.0522. The minimum atomic E-state index is -0.293. The standard InChI is InChI=1S/C17H21N3O4/c1-19-11-16(22)20(17(19)23)9-4-7-15(21)18-13-8-10-24-14-6-3-2-5-12(13)14/h2-3,5-6,13H,4,7-11H2,1H3,(H,18,21)/t13-/m1/s1. The van der Waals surface area contributed by atoms with Crippen molar-refractivity contribution in [1.29, 1.82) is 0 Å². The average Bonchev–Trinajstić information content (AvgIpc) is 2.81. The monoisotopic (exact) mass is 331 g/mol. The van der Waals surface area contributed by atoms with Crippen LogP contribution < -0.4 is 10.1 Å². The van der Waals surface area contributed by atoms with E-state index in [1.54, 1.807) is 7.05 Å². The molecule has 0 aliphatic carbocycles. The topological polar surface area (TPSA) is 79.0 Å². The van der Waals surface area contributed by atoms with Crippen molar-refractivity contribution in [3.63, 3.8) is 0 Å². The Labute approximate surface area is 140 Å². The lowest BCUT2D eigenvalue weighted by atomic mass is 10.0. The molecule has 0 unspecified atom stereocenters. The highest BCUT2D eigenvalue weighted by Crippen LogP contribution is 2.31. The Bertz CT molecular complexity index is 661. The number of urea groups is 1. The number of carbonyl (C=O) groups excluding carboxylic acids is 3. The Morgan fingerprint density at radius 3 is 2.88 bits per heavy atom. The van der Waals surface area contributed by atoms with Gasteiger partial charge in [-0.1, -0.05) is 18.2 Å². The Kier molecular flexibility index (Phi) is 4.69. The summed E-state index contributed by atoms with van der Waals surface area (Å²) >= 11 is 0. The number of amides is 4. The second kappa shape index (κ2) is 6.90. The molecule has 4 amide bonds. The third kappa shape index (κ3) is 3.34. The van der Waals surface area contributed by atoms with E-state index in [1.807, 2.05) is 24.3 Å². The summed E-state index contributed by atoms with van der Waals surface area (Å²) in [5.74, 6) is 0.524. The van der Waals surface area contributed by atoms with E-state index in [2.05, 4.69) is 5.32 Å². The molecular formula is C17H21N3O4. The number of rotatable bonds is 5. The van der Waals surface area contributed by atoms with Gasteiger partial charge in [0.05, 0.1) is 12.6 Å². The smallest absolute Gasteiger partial charge is 0.326 e. The first-order chi connectivity index (χ1) is 11.6. The average molecular weight is 331 g/mol. The highest BCUT2D eigenvalue weighted by Gasteiger charge is 2.33. The van der Waals surface area contributed by atoms with Gasteiger partial charge in [-0.05, 0) is 12.5 Å². The number of likely N-dealkylation sites (N-methyl/N-ethyl adjacent to an activating group) is 1. The van der Waals surface area contributed by atoms with Crippen LogP contribution in [0.1, 0.15) is 30.9 Å². The molecule has 1 N–H and O–H groups in total. The number of para-hydroxylation sites is 1. The SMILES string of the molecule is CN1CC(=O)N(CCCC(=O)N[C@@H]2CCOc3ccccc32)C1=O. The predicted molar refractivity (Wildman–Crippen MR) is 86.4 cm³/mol. The molecule has 7 nitrogen and oxygen atoms in total. The number of carbonyl (C=O) groups is 3. The van der Waals surface area contributed by atoms with E-state index < -0.39 is 0 Å². The van der Waals surface area contributed by atoms with E-state index in [4.69, 9.17) is 4.74 Å². The molecule has 3 rings (SSSR count). The van der Waals surface area contributed by atoms with Gasteiger partial charge in [-0.25, -0.2) is 4.79 Å². The third-order valence-corrected chi connectivity index (χ3v) is 4.31. The van der Waals surface area contributed by atoms with Crippen LogP contribution in [0, 0.1) is 0 Å². The van der Waals surface area contributed by atoms with Crippen molar-refractivity contribution < 1.29 is 19.1 Å². The van der Waals surface area contributed by atoms with Gasteiger partial charge in [-0.2, -0.15) is 0 Å². The molecule has 0 radical (unpaired) electrons. The number of benzene rings is 1. The van der Waals surface area contributed by atoms with E-state index >= 15 is 0 Å². The zero-order chi connectivity index (χ0) is 17.1. The van der Waals surface area contributed by atoms with Crippen LogP contribution >= 0.6 is 0 Å². The van der Waals surface area contributed by atoms with E-state index in [-0.39, 0.29) is 43.4 Å². The highest BCUT2D eigenvalue weighted by molar-refractivity contribution is 6.01. The largest absolute Gasteiger partial charge is 0.493 e. The van der Waals surface area contributed by atoms with Crippen LogP contribution in [-0.2, 0) is 9.59 Å². The summed E-state index contributed by atoms with van der Waals surface area (Å²) in [6.45, 7) is 0.967. The van der Waals surface area contributed by atoms with Gasteiger partial charge in [0, 0.05) is 32.0 Å². The molecule has 7 heteroatoms. The van der Waals surface area contributed by atoms with Crippen LogP contribution in [-0.4, -0.2) is 54.4 Å². The fraction of sp³-hybridized carbons (Fsp3) is 0.471. The lowest BCUT2D eigenvalue weighted by Gasteiger charge is -2.26. The van der Waals surface area contributed by atoms with Crippen molar-refractivity contribution in [2.24, 2.45) is 0 Å². The van der Waals surface area contributed by atoms with E-state index in [1.165, 1.54) is 9.80 Å². The molecule has 1 saturated heterocycles. The molecule has 0 bridgehead atoms. The molecule has 1 fully saturated rings. The number of imide groups is 1. The molecule has 1 atom stereocenters. The van der Waals surface area contributed by atoms with E-state index in [9.17, 15) is 14.4 Å². The van der Waals surface area contributed by atoms with Crippen molar-refractivity contribution in [3.8, 4) is 5.75 Å². The van der Waals surface area contributed by atoms with Crippen LogP contribution in [0.4, 0.5) is 4.79 Å². The molecule has 2 heterocycles. The minimum Gasteiger partial charge on any atom is -0.493 e. The number of hydrogen-bond acceptors (Lipinski definition) is 4. The van der Waals surface area contributed by atoms with Crippen molar-refractivity contribution in [1.82, 2.24) is 15.1 Å². The first-order valence-corrected chi connectivity index (χ1v) is 8.13. The Hall–Kier alpha value is -2.57. The van der Waals surface area contributed by atoms with Gasteiger partial charge >= 0.3 is 6.03 Å². The number of ether oxygens (including phenoxy) is 1. The van der Waals surface area contributed by atoms with E-state index in [0.717, 1.165) is 17.7 Å². The maximum Gasteiger partial charge on any atom is 0.326 e. The van der Waals surface area contributed by atoms with Gasteiger partial charge in [0.25, 0.3) is 0 Å². The maximum absolute atomic E-state index is 12.2. The summed E-state index contributed by atoms with van der Waals surface area (Å²) in [7, 11) is 1.59. The number of nitrogens with zero attached hydrogens (tertiary/aromatic N) is 2. The summed E-state index contributed by atoms with van der Waals surface area (Å²) in [5.41, 5.74) is 0.989. The van der Waals surface area contributed by atoms with Crippen molar-refractivity contribution in [2.75, 3.05) is 26.7 Å². The highest BCUT2D eigenvalue weighted by atomic mass is 16.5. The lowest BCUT2D eigenvalue weighted by Crippen LogP contribution is -2.34. The first kappa shape index (κ1) is 16.3. The van der Waals surface area contributed by atoms with Crippen LogP contribution in [0.3, 0.4) is 0 Å². The van der Waals surface area contributed by atoms with Crippen molar-refractivity contribution in [2.45, 2.75) is 25.3 Å². The quantitative estimate of drug-likeness (QED) is 0.825. The molecule has 1 aromatic carbocycles. The second-order valence-corrected chi connectivity index (χ2v) is 6.08. The fourth-order valence-electron chi connectivity index (χ4n) is 3.05. The van der Waals surface area contributed by atoms with Gasteiger partial charge in [0.15, 0.2) is 0 Å². The van der Waals surface area contributed by atoms with Crippen molar-refractivity contribution in [3.05, 3.63) is 29.8 Å². The third-order valence-electron chi connectivity index (χ3n) is 4.31. The molecule has 0 aromatic heterocycles. The van der Waals surface area contributed by atoms with Gasteiger partial charge in [0.2, 0.25) is 11.8 Å². The fourth-order valence-corrected chi connectivity index (χ4v) is 3.05. The normalized spacial score (nSPS) is 20.0. The molecule has 2 aliphatic heterocycles. The molecule has 0 saturated carbocycles. The molecular weight excluding hydrogens is 310 g/mol. The van der Waals surface area contributed by atoms with Crippen molar-refractivity contribution >= 4 is 17.8 Å². The van der Waals surface area contributed by atoms with Gasteiger partial charge in [0.1, 0.15) is 12.3 Å². The van der Waals surface area contributed by atoms with E-state index in [0.29, 0.717) is 13.0 Å². The van der Waals surface area contributed by atoms with Crippen LogP contribution in [0.5, 0.6) is 5.75 Å². The van der Waals surface area contributed by atoms with Crippen LogP contribution in [0.2, 0.25) is 0 Å². The summed E-state index contributed by atoms with van der Waals surface area (Å²) in [4.78, 5) is 38.2. The Morgan fingerprint density at radius 1 is 1.33 bits per heavy atom. The predicted octanol–water partition coefficient (Wildman–Crippen LogP) is 1.30. The summed E-state index contributed by atoms with van der Waals surface area (Å²) in [5, 5.41) is 3.01. The second-order valence-electron chi connectivity index (χ2n) is 6.08. The Morgan fingerprint density at radius 2 is 2.12 bits per heavy atom. The summed E-state index contributed by atoms with van der Waals surface area (Å²) < 4.78 is 5.58. The molecule has 1 aromatic rings. The molecule has 2 aliphatic rings. The first-order valence-electron chi connectivity index (χ1n) is 8.13. The van der Waals surface area contributed by atoms with Crippen LogP contribution in [0.15, 0.2) is 24.3 Å². The molecule has 0 spiro atoms. The number of hydrogen-bond donors (Lipinski definition) is 1. The zero-order valence-electron chi connectivity index (χ0n) is 13.7. The summed E-state index contributed by atoms with van der Waals surface area (Å²) in [6.07, 6.45) is 1.47. The number of nitrogens with one attached hydrogen (secondary N) is 1. The van der Waals surface area contributed by atoms with Gasteiger partial charge in [-0.15, -0.1) is 0 Å².